The molecule has 0 aliphatic rings. The predicted molar refractivity (Wildman–Crippen MR) is 58.5 cm³/mol. The maximum absolute atomic E-state index is 5.22. The van der Waals surface area contributed by atoms with Crippen molar-refractivity contribution in [2.75, 3.05) is 11.9 Å². The lowest BCUT2D eigenvalue weighted by atomic mass is 10.3. The molecule has 0 saturated carbocycles. The lowest BCUT2D eigenvalue weighted by Gasteiger charge is -2.02. The van der Waals surface area contributed by atoms with Crippen molar-refractivity contribution in [1.82, 2.24) is 10.2 Å². The predicted octanol–water partition coefficient (Wildman–Crippen LogP) is 2.56. The SMILES string of the molecule is CCCNc1ccc(-c2ccco2)nn1. The quantitative estimate of drug-likeness (QED) is 0.829. The largest absolute Gasteiger partial charge is 0.463 e. The molecule has 0 aliphatic heterocycles. The summed E-state index contributed by atoms with van der Waals surface area (Å²) >= 11 is 0. The molecule has 0 saturated heterocycles. The first-order valence-electron chi connectivity index (χ1n) is 5.01. The molecule has 15 heavy (non-hydrogen) atoms. The summed E-state index contributed by atoms with van der Waals surface area (Å²) in [5.41, 5.74) is 0.752. The summed E-state index contributed by atoms with van der Waals surface area (Å²) in [6.07, 6.45) is 2.70. The highest BCUT2D eigenvalue weighted by Crippen LogP contribution is 2.16. The summed E-state index contributed by atoms with van der Waals surface area (Å²) in [5, 5.41) is 11.3. The number of anilines is 1. The van der Waals surface area contributed by atoms with Gasteiger partial charge in [-0.1, -0.05) is 6.92 Å². The molecule has 0 radical (unpaired) electrons. The van der Waals surface area contributed by atoms with Crippen LogP contribution in [0.5, 0.6) is 0 Å². The Labute approximate surface area is 88.3 Å². The smallest absolute Gasteiger partial charge is 0.154 e. The van der Waals surface area contributed by atoms with Gasteiger partial charge >= 0.3 is 0 Å². The van der Waals surface area contributed by atoms with Gasteiger partial charge in [0.05, 0.1) is 6.26 Å². The van der Waals surface area contributed by atoms with Gasteiger partial charge in [-0.2, -0.15) is 0 Å². The van der Waals surface area contributed by atoms with Crippen LogP contribution in [0.4, 0.5) is 5.82 Å². The molecule has 0 aliphatic carbocycles. The monoisotopic (exact) mass is 203 g/mol. The van der Waals surface area contributed by atoms with Crippen LogP contribution in [0, 0.1) is 0 Å². The van der Waals surface area contributed by atoms with E-state index >= 15 is 0 Å². The molecular formula is C11H13N3O. The second kappa shape index (κ2) is 4.59. The van der Waals surface area contributed by atoms with Crippen molar-refractivity contribution < 1.29 is 4.42 Å². The van der Waals surface area contributed by atoms with Gasteiger partial charge in [0.25, 0.3) is 0 Å². The summed E-state index contributed by atoms with van der Waals surface area (Å²) in [4.78, 5) is 0. The zero-order valence-corrected chi connectivity index (χ0v) is 8.60. The molecule has 0 atom stereocenters. The fraction of sp³-hybridized carbons (Fsp3) is 0.273. The Hall–Kier alpha value is -1.84. The van der Waals surface area contributed by atoms with Gasteiger partial charge in [-0.05, 0) is 30.7 Å². The van der Waals surface area contributed by atoms with Crippen molar-refractivity contribution in [2.24, 2.45) is 0 Å². The molecule has 2 aromatic rings. The minimum atomic E-state index is 0.740. The molecule has 4 heteroatoms. The van der Waals surface area contributed by atoms with Crippen molar-refractivity contribution in [3.63, 3.8) is 0 Å². The third-order valence-electron chi connectivity index (χ3n) is 1.99. The molecule has 78 valence electrons. The average molecular weight is 203 g/mol. The highest BCUT2D eigenvalue weighted by molar-refractivity contribution is 5.52. The van der Waals surface area contributed by atoms with E-state index < -0.39 is 0 Å². The van der Waals surface area contributed by atoms with E-state index in [0.717, 1.165) is 30.2 Å². The Morgan fingerprint density at radius 3 is 2.80 bits per heavy atom. The topological polar surface area (TPSA) is 51.0 Å². The Morgan fingerprint density at radius 2 is 2.20 bits per heavy atom. The number of nitrogens with one attached hydrogen (secondary N) is 1. The fourth-order valence-corrected chi connectivity index (χ4v) is 1.24. The standard InChI is InChI=1S/C11H13N3O/c1-2-7-12-11-6-5-9(13-14-11)10-4-3-8-15-10/h3-6,8H,2,7H2,1H3,(H,12,14). The van der Waals surface area contributed by atoms with Crippen LogP contribution in [0.2, 0.25) is 0 Å². The van der Waals surface area contributed by atoms with E-state index in [1.807, 2.05) is 24.3 Å². The third-order valence-corrected chi connectivity index (χ3v) is 1.99. The minimum Gasteiger partial charge on any atom is -0.463 e. The summed E-state index contributed by atoms with van der Waals surface area (Å²) in [7, 11) is 0. The number of hydrogen-bond acceptors (Lipinski definition) is 4. The first-order valence-corrected chi connectivity index (χ1v) is 5.01. The summed E-state index contributed by atoms with van der Waals surface area (Å²) in [5.74, 6) is 1.54. The minimum absolute atomic E-state index is 0.740. The first-order chi connectivity index (χ1) is 7.40. The summed E-state index contributed by atoms with van der Waals surface area (Å²) in [6, 6.07) is 7.49. The lowest BCUT2D eigenvalue weighted by Crippen LogP contribution is -2.02. The van der Waals surface area contributed by atoms with Crippen LogP contribution in [-0.4, -0.2) is 16.7 Å². The number of furan rings is 1. The molecular weight excluding hydrogens is 190 g/mol. The van der Waals surface area contributed by atoms with Gasteiger partial charge in [0.15, 0.2) is 5.76 Å². The van der Waals surface area contributed by atoms with Crippen molar-refractivity contribution in [1.29, 1.82) is 0 Å². The zero-order valence-electron chi connectivity index (χ0n) is 8.60. The second-order valence-corrected chi connectivity index (χ2v) is 3.21. The molecule has 0 fully saturated rings. The van der Waals surface area contributed by atoms with E-state index in [0.29, 0.717) is 0 Å². The molecule has 4 nitrogen and oxygen atoms in total. The first kappa shape index (κ1) is 9.71. The van der Waals surface area contributed by atoms with Crippen molar-refractivity contribution >= 4 is 5.82 Å². The van der Waals surface area contributed by atoms with E-state index in [9.17, 15) is 0 Å². The molecule has 0 spiro atoms. The van der Waals surface area contributed by atoms with Crippen molar-refractivity contribution in [2.45, 2.75) is 13.3 Å². The van der Waals surface area contributed by atoms with Crippen LogP contribution in [0.3, 0.4) is 0 Å². The second-order valence-electron chi connectivity index (χ2n) is 3.21. The van der Waals surface area contributed by atoms with Crippen molar-refractivity contribution in [3.8, 4) is 11.5 Å². The maximum Gasteiger partial charge on any atom is 0.154 e. The van der Waals surface area contributed by atoms with Crippen LogP contribution in [0.15, 0.2) is 34.9 Å². The highest BCUT2D eigenvalue weighted by Gasteiger charge is 2.02. The van der Waals surface area contributed by atoms with Crippen LogP contribution < -0.4 is 5.32 Å². The van der Waals surface area contributed by atoms with Crippen LogP contribution >= 0.6 is 0 Å². The maximum atomic E-state index is 5.22. The fourth-order valence-electron chi connectivity index (χ4n) is 1.24. The Kier molecular flexibility index (Phi) is 2.97. The van der Waals surface area contributed by atoms with E-state index in [2.05, 4.69) is 22.4 Å². The van der Waals surface area contributed by atoms with Gasteiger partial charge in [-0.3, -0.25) is 0 Å². The Bertz CT molecular complexity index is 394. The van der Waals surface area contributed by atoms with Crippen LogP contribution in [-0.2, 0) is 0 Å². The average Bonchev–Trinajstić information content (AvgIpc) is 2.80. The van der Waals surface area contributed by atoms with Gasteiger partial charge in [0.2, 0.25) is 0 Å². The van der Waals surface area contributed by atoms with Gasteiger partial charge in [0, 0.05) is 6.54 Å². The number of hydrogen-bond donors (Lipinski definition) is 1. The Balaban J connectivity index is 2.11. The van der Waals surface area contributed by atoms with E-state index in [1.165, 1.54) is 0 Å². The van der Waals surface area contributed by atoms with Gasteiger partial charge in [-0.15, -0.1) is 10.2 Å². The van der Waals surface area contributed by atoms with Gasteiger partial charge in [-0.25, -0.2) is 0 Å². The number of aromatic nitrogens is 2. The molecule has 1 N–H and O–H groups in total. The highest BCUT2D eigenvalue weighted by atomic mass is 16.3. The molecule has 2 heterocycles. The normalized spacial score (nSPS) is 10.2. The molecule has 0 amide bonds. The number of rotatable bonds is 4. The van der Waals surface area contributed by atoms with Gasteiger partial charge in [0.1, 0.15) is 11.5 Å². The molecule has 0 aromatic carbocycles. The van der Waals surface area contributed by atoms with E-state index in [4.69, 9.17) is 4.42 Å². The lowest BCUT2D eigenvalue weighted by molar-refractivity contribution is 0.579. The molecule has 2 aromatic heterocycles. The van der Waals surface area contributed by atoms with Crippen LogP contribution in [0.25, 0.3) is 11.5 Å². The molecule has 2 rings (SSSR count). The zero-order chi connectivity index (χ0) is 10.5. The van der Waals surface area contributed by atoms with E-state index in [1.54, 1.807) is 6.26 Å². The molecule has 0 unspecified atom stereocenters. The van der Waals surface area contributed by atoms with Crippen molar-refractivity contribution in [3.05, 3.63) is 30.5 Å². The molecule has 0 bridgehead atoms. The van der Waals surface area contributed by atoms with Gasteiger partial charge < -0.3 is 9.73 Å². The summed E-state index contributed by atoms with van der Waals surface area (Å²) in [6.45, 7) is 3.02. The summed E-state index contributed by atoms with van der Waals surface area (Å²) < 4.78 is 5.22. The van der Waals surface area contributed by atoms with Crippen LogP contribution in [0.1, 0.15) is 13.3 Å². The van der Waals surface area contributed by atoms with E-state index in [-0.39, 0.29) is 0 Å². The Morgan fingerprint density at radius 1 is 1.27 bits per heavy atom. The third kappa shape index (κ3) is 2.34. The number of nitrogens with zero attached hydrogens (tertiary/aromatic N) is 2.